The van der Waals surface area contributed by atoms with Gasteiger partial charge in [0.15, 0.2) is 11.5 Å². The highest BCUT2D eigenvalue weighted by molar-refractivity contribution is 7.17. The molecule has 0 bridgehead atoms. The molecule has 1 amide bonds. The molecule has 1 aromatic carbocycles. The highest BCUT2D eigenvalue weighted by atomic mass is 32.1. The predicted octanol–water partition coefficient (Wildman–Crippen LogP) is 3.05. The molecule has 0 unspecified atom stereocenters. The van der Waals surface area contributed by atoms with Crippen LogP contribution in [0, 0.1) is 10.1 Å². The van der Waals surface area contributed by atoms with Crippen LogP contribution in [0.1, 0.15) is 22.2 Å². The lowest BCUT2D eigenvalue weighted by Crippen LogP contribution is -2.29. The van der Waals surface area contributed by atoms with Crippen LogP contribution >= 0.6 is 11.3 Å². The summed E-state index contributed by atoms with van der Waals surface area (Å²) in [6, 6.07) is 8.38. The first kappa shape index (κ1) is 15.3. The molecule has 0 saturated heterocycles. The Hall–Kier alpha value is -2.61. The molecule has 0 spiro atoms. The van der Waals surface area contributed by atoms with E-state index in [1.807, 2.05) is 25.1 Å². The largest absolute Gasteiger partial charge is 0.454 e. The molecule has 0 N–H and O–H groups in total. The predicted molar refractivity (Wildman–Crippen MR) is 84.0 cm³/mol. The summed E-state index contributed by atoms with van der Waals surface area (Å²) < 4.78 is 10.6. The van der Waals surface area contributed by atoms with Crippen LogP contribution in [0.3, 0.4) is 0 Å². The van der Waals surface area contributed by atoms with E-state index in [2.05, 4.69) is 0 Å². The topological polar surface area (TPSA) is 81.9 Å². The minimum atomic E-state index is -0.491. The van der Waals surface area contributed by atoms with Crippen molar-refractivity contribution < 1.29 is 19.2 Å². The Kier molecular flexibility index (Phi) is 4.16. The minimum Gasteiger partial charge on any atom is -0.454 e. The van der Waals surface area contributed by atoms with Gasteiger partial charge >= 0.3 is 5.00 Å². The summed E-state index contributed by atoms with van der Waals surface area (Å²) >= 11 is 0.888. The minimum absolute atomic E-state index is 0.0347. The monoisotopic (exact) mass is 334 g/mol. The zero-order valence-electron chi connectivity index (χ0n) is 12.4. The van der Waals surface area contributed by atoms with Crippen LogP contribution in [-0.2, 0) is 6.54 Å². The van der Waals surface area contributed by atoms with E-state index in [0.717, 1.165) is 16.9 Å². The van der Waals surface area contributed by atoms with E-state index < -0.39 is 4.92 Å². The van der Waals surface area contributed by atoms with Gasteiger partial charge in [-0.05, 0) is 30.7 Å². The molecule has 2 heterocycles. The fourth-order valence-electron chi connectivity index (χ4n) is 2.28. The summed E-state index contributed by atoms with van der Waals surface area (Å²) in [5.41, 5.74) is 0.913. The van der Waals surface area contributed by atoms with Crippen molar-refractivity contribution in [1.29, 1.82) is 0 Å². The Bertz CT molecular complexity index is 758. The van der Waals surface area contributed by atoms with Gasteiger partial charge in [-0.3, -0.25) is 14.9 Å². The van der Waals surface area contributed by atoms with Gasteiger partial charge in [0.05, 0.1) is 9.80 Å². The molecule has 120 valence electrons. The fraction of sp³-hybridized carbons (Fsp3) is 0.267. The maximum absolute atomic E-state index is 12.5. The first-order valence-corrected chi connectivity index (χ1v) is 7.82. The molecule has 2 aromatic rings. The zero-order valence-corrected chi connectivity index (χ0v) is 13.2. The summed E-state index contributed by atoms with van der Waals surface area (Å²) in [6.45, 7) is 2.97. The molecule has 7 nitrogen and oxygen atoms in total. The molecule has 23 heavy (non-hydrogen) atoms. The number of benzene rings is 1. The second-order valence-corrected chi connectivity index (χ2v) is 5.96. The van der Waals surface area contributed by atoms with Gasteiger partial charge < -0.3 is 14.4 Å². The highest BCUT2D eigenvalue weighted by Crippen LogP contribution is 2.33. The summed E-state index contributed by atoms with van der Waals surface area (Å²) in [4.78, 5) is 24.8. The van der Waals surface area contributed by atoms with Gasteiger partial charge in [-0.2, -0.15) is 0 Å². The van der Waals surface area contributed by atoms with E-state index in [1.165, 1.54) is 12.1 Å². The Morgan fingerprint density at radius 2 is 2.09 bits per heavy atom. The lowest BCUT2D eigenvalue weighted by atomic mass is 10.2. The van der Waals surface area contributed by atoms with Crippen molar-refractivity contribution in [3.05, 3.63) is 50.9 Å². The zero-order chi connectivity index (χ0) is 16.4. The molecule has 0 radical (unpaired) electrons. The van der Waals surface area contributed by atoms with Crippen LogP contribution < -0.4 is 9.47 Å². The highest BCUT2D eigenvalue weighted by Gasteiger charge is 2.21. The molecule has 0 fully saturated rings. The molecule has 1 aliphatic heterocycles. The van der Waals surface area contributed by atoms with E-state index >= 15 is 0 Å². The van der Waals surface area contributed by atoms with Gasteiger partial charge in [0, 0.05) is 19.2 Å². The number of ether oxygens (including phenoxy) is 2. The number of hydrogen-bond donors (Lipinski definition) is 0. The van der Waals surface area contributed by atoms with Crippen molar-refractivity contribution in [1.82, 2.24) is 4.90 Å². The maximum atomic E-state index is 12.5. The lowest BCUT2D eigenvalue weighted by Gasteiger charge is -2.20. The van der Waals surface area contributed by atoms with E-state index in [9.17, 15) is 14.9 Å². The molecule has 8 heteroatoms. The fourth-order valence-corrected chi connectivity index (χ4v) is 3.07. The Morgan fingerprint density at radius 1 is 1.30 bits per heavy atom. The third-order valence-electron chi connectivity index (χ3n) is 3.46. The number of hydrogen-bond acceptors (Lipinski definition) is 6. The summed E-state index contributed by atoms with van der Waals surface area (Å²) in [7, 11) is 0. The van der Waals surface area contributed by atoms with Gasteiger partial charge in [0.1, 0.15) is 0 Å². The average molecular weight is 334 g/mol. The van der Waals surface area contributed by atoms with Crippen molar-refractivity contribution >= 4 is 22.2 Å². The van der Waals surface area contributed by atoms with Gasteiger partial charge in [-0.1, -0.05) is 17.4 Å². The van der Waals surface area contributed by atoms with Crippen molar-refractivity contribution in [2.75, 3.05) is 13.3 Å². The van der Waals surface area contributed by atoms with E-state index in [0.29, 0.717) is 29.5 Å². The number of fused-ring (bicyclic) bond motifs is 1. The maximum Gasteiger partial charge on any atom is 0.324 e. The van der Waals surface area contributed by atoms with E-state index in [4.69, 9.17) is 9.47 Å². The van der Waals surface area contributed by atoms with E-state index in [-0.39, 0.29) is 17.7 Å². The standard InChI is InChI=1S/C15H14N2O5S/c1-2-16(15(18)13-5-6-14(23-13)17(19)20)8-10-3-4-11-12(7-10)22-9-21-11/h3-7H,2,8-9H2,1H3. The van der Waals surface area contributed by atoms with Crippen molar-refractivity contribution in [3.63, 3.8) is 0 Å². The second kappa shape index (κ2) is 6.25. The summed E-state index contributed by atoms with van der Waals surface area (Å²) in [6.07, 6.45) is 0. The van der Waals surface area contributed by atoms with Crippen LogP contribution in [0.4, 0.5) is 5.00 Å². The molecule has 0 atom stereocenters. The second-order valence-electron chi connectivity index (χ2n) is 4.90. The van der Waals surface area contributed by atoms with Crippen molar-refractivity contribution in [2.45, 2.75) is 13.5 Å². The normalized spacial score (nSPS) is 12.2. The molecular formula is C15H14N2O5S. The number of carbonyl (C=O) groups is 1. The smallest absolute Gasteiger partial charge is 0.324 e. The lowest BCUT2D eigenvalue weighted by molar-refractivity contribution is -0.380. The van der Waals surface area contributed by atoms with Gasteiger partial charge in [0.25, 0.3) is 5.91 Å². The third-order valence-corrected chi connectivity index (χ3v) is 4.49. The SMILES string of the molecule is CCN(Cc1ccc2c(c1)OCO2)C(=O)c1ccc([N+](=O)[O-])s1. The van der Waals surface area contributed by atoms with Gasteiger partial charge in [-0.15, -0.1) is 0 Å². The number of thiophene rings is 1. The average Bonchev–Trinajstić information content (AvgIpc) is 3.20. The van der Waals surface area contributed by atoms with Crippen molar-refractivity contribution in [3.8, 4) is 11.5 Å². The number of carbonyl (C=O) groups excluding carboxylic acids is 1. The van der Waals surface area contributed by atoms with Crippen LogP contribution in [0.15, 0.2) is 30.3 Å². The Morgan fingerprint density at radius 3 is 2.78 bits per heavy atom. The summed E-state index contributed by atoms with van der Waals surface area (Å²) in [5.74, 6) is 1.14. The molecule has 1 aromatic heterocycles. The molecule has 1 aliphatic rings. The third kappa shape index (κ3) is 3.11. The van der Waals surface area contributed by atoms with Gasteiger partial charge in [0.2, 0.25) is 6.79 Å². The molecule has 3 rings (SSSR count). The van der Waals surface area contributed by atoms with Crippen LogP contribution in [-0.4, -0.2) is 29.1 Å². The van der Waals surface area contributed by atoms with Gasteiger partial charge in [-0.25, -0.2) is 0 Å². The van der Waals surface area contributed by atoms with Crippen LogP contribution in [0.2, 0.25) is 0 Å². The van der Waals surface area contributed by atoms with Crippen LogP contribution in [0.25, 0.3) is 0 Å². The number of rotatable bonds is 5. The number of amides is 1. The first-order valence-electron chi connectivity index (χ1n) is 7.00. The molecular weight excluding hydrogens is 320 g/mol. The Labute approximate surface area is 136 Å². The quantitative estimate of drug-likeness (QED) is 0.620. The van der Waals surface area contributed by atoms with E-state index in [1.54, 1.807) is 4.90 Å². The molecule has 0 aliphatic carbocycles. The number of nitro groups is 1. The Balaban J connectivity index is 1.76. The van der Waals surface area contributed by atoms with Crippen molar-refractivity contribution in [2.24, 2.45) is 0 Å². The first-order chi connectivity index (χ1) is 11.1. The summed E-state index contributed by atoms with van der Waals surface area (Å²) in [5, 5.41) is 10.7. The number of nitrogens with zero attached hydrogens (tertiary/aromatic N) is 2. The molecule has 0 saturated carbocycles. The van der Waals surface area contributed by atoms with Crippen LogP contribution in [0.5, 0.6) is 11.5 Å².